The van der Waals surface area contributed by atoms with Crippen LogP contribution in [0.4, 0.5) is 10.5 Å². The lowest BCUT2D eigenvalue weighted by atomic mass is 9.48. The molecule has 4 fully saturated rings. The summed E-state index contributed by atoms with van der Waals surface area (Å²) in [4.78, 5) is 11.5. The predicted octanol–water partition coefficient (Wildman–Crippen LogP) is 4.72. The standard InChI is InChI=1S/C19H25NO2/c1-2-22-18(21)20-17-5-3-16(4-6-17)19-10-13-7-14(11-19)9-15(8-13)12-19/h3-6,13-15H,2,7-12H2,1H3,(H,20,21). The van der Waals surface area contributed by atoms with E-state index in [4.69, 9.17) is 4.74 Å². The second-order valence-electron chi connectivity index (χ2n) is 7.62. The van der Waals surface area contributed by atoms with Crippen LogP contribution in [0.5, 0.6) is 0 Å². The first-order valence-electron chi connectivity index (χ1n) is 8.71. The van der Waals surface area contributed by atoms with Crippen molar-refractivity contribution < 1.29 is 9.53 Å². The number of nitrogens with one attached hydrogen (secondary N) is 1. The third kappa shape index (κ3) is 2.41. The second-order valence-corrected chi connectivity index (χ2v) is 7.62. The first kappa shape index (κ1) is 14.1. The van der Waals surface area contributed by atoms with Crippen molar-refractivity contribution in [2.24, 2.45) is 17.8 Å². The molecule has 0 heterocycles. The Balaban J connectivity index is 1.52. The highest BCUT2D eigenvalue weighted by molar-refractivity contribution is 5.84. The number of hydrogen-bond acceptors (Lipinski definition) is 2. The molecule has 22 heavy (non-hydrogen) atoms. The number of amides is 1. The molecule has 5 rings (SSSR count). The van der Waals surface area contributed by atoms with Gasteiger partial charge in [0, 0.05) is 5.69 Å². The lowest BCUT2D eigenvalue weighted by molar-refractivity contribution is -0.00518. The fraction of sp³-hybridized carbons (Fsp3) is 0.632. The molecule has 0 radical (unpaired) electrons. The first-order chi connectivity index (χ1) is 10.7. The average Bonchev–Trinajstić information content (AvgIpc) is 2.46. The summed E-state index contributed by atoms with van der Waals surface area (Å²) in [6.07, 6.45) is 8.19. The van der Waals surface area contributed by atoms with Gasteiger partial charge in [-0.05, 0) is 86.3 Å². The Labute approximate surface area is 132 Å². The molecule has 4 aliphatic carbocycles. The summed E-state index contributed by atoms with van der Waals surface area (Å²) in [6.45, 7) is 2.22. The molecule has 4 saturated carbocycles. The van der Waals surface area contributed by atoms with E-state index < -0.39 is 0 Å². The lowest BCUT2D eigenvalue weighted by Crippen LogP contribution is -2.48. The summed E-state index contributed by atoms with van der Waals surface area (Å²) in [5, 5.41) is 2.78. The van der Waals surface area contributed by atoms with E-state index >= 15 is 0 Å². The highest BCUT2D eigenvalue weighted by atomic mass is 16.5. The number of anilines is 1. The maximum atomic E-state index is 11.5. The van der Waals surface area contributed by atoms with Crippen LogP contribution in [0.15, 0.2) is 24.3 Å². The van der Waals surface area contributed by atoms with Gasteiger partial charge in [0.05, 0.1) is 6.61 Å². The fourth-order valence-electron chi connectivity index (χ4n) is 5.66. The van der Waals surface area contributed by atoms with Crippen LogP contribution in [0.3, 0.4) is 0 Å². The molecule has 1 aromatic rings. The van der Waals surface area contributed by atoms with E-state index in [2.05, 4.69) is 17.4 Å². The van der Waals surface area contributed by atoms with Crippen molar-refractivity contribution in [2.75, 3.05) is 11.9 Å². The zero-order valence-electron chi connectivity index (χ0n) is 13.3. The van der Waals surface area contributed by atoms with Crippen molar-refractivity contribution in [3.8, 4) is 0 Å². The van der Waals surface area contributed by atoms with Crippen molar-refractivity contribution in [1.29, 1.82) is 0 Å². The lowest BCUT2D eigenvalue weighted by Gasteiger charge is -2.57. The van der Waals surface area contributed by atoms with Gasteiger partial charge in [0.1, 0.15) is 0 Å². The van der Waals surface area contributed by atoms with E-state index in [9.17, 15) is 4.79 Å². The molecule has 4 aliphatic rings. The normalized spacial score (nSPS) is 35.4. The van der Waals surface area contributed by atoms with Gasteiger partial charge in [0.2, 0.25) is 0 Å². The van der Waals surface area contributed by atoms with Crippen molar-refractivity contribution in [1.82, 2.24) is 0 Å². The highest BCUT2D eigenvalue weighted by Crippen LogP contribution is 2.60. The van der Waals surface area contributed by atoms with E-state index in [1.807, 2.05) is 19.1 Å². The van der Waals surface area contributed by atoms with Crippen molar-refractivity contribution in [3.63, 3.8) is 0 Å². The number of ether oxygens (including phenoxy) is 1. The van der Waals surface area contributed by atoms with Gasteiger partial charge < -0.3 is 4.74 Å². The van der Waals surface area contributed by atoms with Crippen LogP contribution in [-0.2, 0) is 10.2 Å². The van der Waals surface area contributed by atoms with Gasteiger partial charge in [-0.2, -0.15) is 0 Å². The maximum absolute atomic E-state index is 11.5. The van der Waals surface area contributed by atoms with Crippen LogP contribution < -0.4 is 5.32 Å². The van der Waals surface area contributed by atoms with E-state index in [0.29, 0.717) is 12.0 Å². The molecule has 1 aromatic carbocycles. The van der Waals surface area contributed by atoms with Crippen LogP contribution in [-0.4, -0.2) is 12.7 Å². The van der Waals surface area contributed by atoms with E-state index in [-0.39, 0.29) is 6.09 Å². The summed E-state index contributed by atoms with van der Waals surface area (Å²) in [6, 6.07) is 8.53. The van der Waals surface area contributed by atoms with E-state index in [0.717, 1.165) is 23.4 Å². The summed E-state index contributed by atoms with van der Waals surface area (Å²) in [5.74, 6) is 2.88. The molecule has 0 aliphatic heterocycles. The molecule has 0 atom stereocenters. The Bertz CT molecular complexity index is 528. The monoisotopic (exact) mass is 299 g/mol. The number of hydrogen-bond donors (Lipinski definition) is 1. The van der Waals surface area contributed by atoms with Crippen LogP contribution >= 0.6 is 0 Å². The number of benzene rings is 1. The molecular weight excluding hydrogens is 274 g/mol. The topological polar surface area (TPSA) is 38.3 Å². The van der Waals surface area contributed by atoms with Crippen LogP contribution in [0.25, 0.3) is 0 Å². The number of carbonyl (C=O) groups excluding carboxylic acids is 1. The Morgan fingerprint density at radius 3 is 2.14 bits per heavy atom. The molecule has 1 amide bonds. The average molecular weight is 299 g/mol. The number of rotatable bonds is 3. The second kappa shape index (κ2) is 5.29. The van der Waals surface area contributed by atoms with Gasteiger partial charge in [0.15, 0.2) is 0 Å². The predicted molar refractivity (Wildman–Crippen MR) is 86.9 cm³/mol. The molecule has 4 bridgehead atoms. The van der Waals surface area contributed by atoms with Gasteiger partial charge >= 0.3 is 6.09 Å². The minimum Gasteiger partial charge on any atom is -0.450 e. The van der Waals surface area contributed by atoms with Gasteiger partial charge in [-0.25, -0.2) is 4.79 Å². The summed E-state index contributed by atoms with van der Waals surface area (Å²) < 4.78 is 4.93. The van der Waals surface area contributed by atoms with Crippen molar-refractivity contribution in [3.05, 3.63) is 29.8 Å². The Morgan fingerprint density at radius 2 is 1.64 bits per heavy atom. The first-order valence-corrected chi connectivity index (χ1v) is 8.71. The SMILES string of the molecule is CCOC(=O)Nc1ccc(C23CC4CC(CC(C4)C2)C3)cc1. The molecule has 0 aromatic heterocycles. The van der Waals surface area contributed by atoms with E-state index in [1.165, 1.54) is 44.1 Å². The zero-order valence-corrected chi connectivity index (χ0v) is 13.3. The molecule has 1 N–H and O–H groups in total. The summed E-state index contributed by atoms with van der Waals surface area (Å²) >= 11 is 0. The zero-order chi connectivity index (χ0) is 15.2. The quantitative estimate of drug-likeness (QED) is 0.876. The van der Waals surface area contributed by atoms with Crippen molar-refractivity contribution in [2.45, 2.75) is 50.9 Å². The van der Waals surface area contributed by atoms with Gasteiger partial charge in [0.25, 0.3) is 0 Å². The Morgan fingerprint density at radius 1 is 1.09 bits per heavy atom. The largest absolute Gasteiger partial charge is 0.450 e. The molecule has 118 valence electrons. The molecule has 0 unspecified atom stereocenters. The molecule has 3 nitrogen and oxygen atoms in total. The van der Waals surface area contributed by atoms with Gasteiger partial charge in [-0.15, -0.1) is 0 Å². The molecule has 0 spiro atoms. The van der Waals surface area contributed by atoms with Crippen LogP contribution in [0.2, 0.25) is 0 Å². The van der Waals surface area contributed by atoms with E-state index in [1.54, 1.807) is 0 Å². The van der Waals surface area contributed by atoms with Gasteiger partial charge in [-0.1, -0.05) is 12.1 Å². The molecule has 3 heteroatoms. The smallest absolute Gasteiger partial charge is 0.411 e. The Hall–Kier alpha value is -1.51. The fourth-order valence-corrected chi connectivity index (χ4v) is 5.66. The molecule has 0 saturated heterocycles. The molecular formula is C19H25NO2. The van der Waals surface area contributed by atoms with Crippen molar-refractivity contribution >= 4 is 11.8 Å². The van der Waals surface area contributed by atoms with Crippen LogP contribution in [0, 0.1) is 17.8 Å². The maximum Gasteiger partial charge on any atom is 0.411 e. The van der Waals surface area contributed by atoms with Crippen LogP contribution in [0.1, 0.15) is 51.0 Å². The number of carbonyl (C=O) groups is 1. The highest BCUT2D eigenvalue weighted by Gasteiger charge is 2.51. The minimum absolute atomic E-state index is 0.370. The summed E-state index contributed by atoms with van der Waals surface area (Å²) in [5.41, 5.74) is 2.74. The van der Waals surface area contributed by atoms with Gasteiger partial charge in [-0.3, -0.25) is 5.32 Å². The third-order valence-corrected chi connectivity index (χ3v) is 6.06. The Kier molecular flexibility index (Phi) is 3.39. The summed E-state index contributed by atoms with van der Waals surface area (Å²) in [7, 11) is 0. The minimum atomic E-state index is -0.370. The third-order valence-electron chi connectivity index (χ3n) is 6.06.